The summed E-state index contributed by atoms with van der Waals surface area (Å²) in [4.78, 5) is 9.16. The van der Waals surface area contributed by atoms with E-state index in [1.54, 1.807) is 6.26 Å². The van der Waals surface area contributed by atoms with Crippen molar-refractivity contribution in [3.8, 4) is 0 Å². The van der Waals surface area contributed by atoms with Crippen LogP contribution in [0.3, 0.4) is 0 Å². The molecule has 150 valence electrons. The highest BCUT2D eigenvalue weighted by atomic mass is 127. The van der Waals surface area contributed by atoms with Gasteiger partial charge in [-0.05, 0) is 26.3 Å². The molecule has 2 aromatic rings. The SMILES string of the molecule is CN=C(NCCCn1nc(C)cc1C)N1CCN(Cc2ccon2)CC1.I. The molecule has 9 heteroatoms. The number of rotatable bonds is 6. The Labute approximate surface area is 178 Å². The first-order chi connectivity index (χ1) is 12.7. The lowest BCUT2D eigenvalue weighted by Gasteiger charge is -2.36. The molecule has 1 aliphatic rings. The summed E-state index contributed by atoms with van der Waals surface area (Å²) >= 11 is 0. The summed E-state index contributed by atoms with van der Waals surface area (Å²) in [5.74, 6) is 0.986. The van der Waals surface area contributed by atoms with Crippen LogP contribution in [-0.2, 0) is 13.1 Å². The number of halogens is 1. The number of aryl methyl sites for hydroxylation is 3. The van der Waals surface area contributed by atoms with E-state index < -0.39 is 0 Å². The lowest BCUT2D eigenvalue weighted by molar-refractivity contribution is 0.169. The molecule has 1 aliphatic heterocycles. The molecule has 1 saturated heterocycles. The fourth-order valence-corrected chi connectivity index (χ4v) is 3.33. The van der Waals surface area contributed by atoms with Crippen LogP contribution in [0.25, 0.3) is 0 Å². The maximum Gasteiger partial charge on any atom is 0.193 e. The van der Waals surface area contributed by atoms with Crippen LogP contribution in [0.5, 0.6) is 0 Å². The van der Waals surface area contributed by atoms with Gasteiger partial charge in [0.2, 0.25) is 0 Å². The molecule has 0 bridgehead atoms. The fraction of sp³-hybridized carbons (Fsp3) is 0.611. The van der Waals surface area contributed by atoms with E-state index >= 15 is 0 Å². The molecule has 0 spiro atoms. The molecule has 0 radical (unpaired) electrons. The van der Waals surface area contributed by atoms with Crippen molar-refractivity contribution in [2.75, 3.05) is 39.8 Å². The van der Waals surface area contributed by atoms with Crippen molar-refractivity contribution in [1.82, 2.24) is 30.1 Å². The molecule has 8 nitrogen and oxygen atoms in total. The number of hydrogen-bond acceptors (Lipinski definition) is 5. The van der Waals surface area contributed by atoms with Gasteiger partial charge >= 0.3 is 0 Å². The van der Waals surface area contributed by atoms with Crippen LogP contribution in [0.4, 0.5) is 0 Å². The van der Waals surface area contributed by atoms with E-state index in [-0.39, 0.29) is 24.0 Å². The summed E-state index contributed by atoms with van der Waals surface area (Å²) < 4.78 is 6.98. The van der Waals surface area contributed by atoms with Crippen molar-refractivity contribution in [2.45, 2.75) is 33.4 Å². The van der Waals surface area contributed by atoms with Gasteiger partial charge in [0.25, 0.3) is 0 Å². The minimum absolute atomic E-state index is 0. The predicted molar refractivity (Wildman–Crippen MR) is 116 cm³/mol. The Hall–Kier alpha value is -1.62. The smallest absolute Gasteiger partial charge is 0.193 e. The zero-order valence-corrected chi connectivity index (χ0v) is 18.7. The average Bonchev–Trinajstić information content (AvgIpc) is 3.25. The fourth-order valence-electron chi connectivity index (χ4n) is 3.33. The van der Waals surface area contributed by atoms with Crippen molar-refractivity contribution in [3.05, 3.63) is 35.5 Å². The minimum Gasteiger partial charge on any atom is -0.364 e. The second-order valence-corrected chi connectivity index (χ2v) is 6.73. The largest absolute Gasteiger partial charge is 0.364 e. The molecule has 0 aliphatic carbocycles. The first-order valence-electron chi connectivity index (χ1n) is 9.24. The number of nitrogens with zero attached hydrogens (tertiary/aromatic N) is 6. The highest BCUT2D eigenvalue weighted by Gasteiger charge is 2.20. The number of aliphatic imine (C=N–C) groups is 1. The van der Waals surface area contributed by atoms with E-state index in [4.69, 9.17) is 4.52 Å². The van der Waals surface area contributed by atoms with Gasteiger partial charge in [0.15, 0.2) is 5.96 Å². The first-order valence-corrected chi connectivity index (χ1v) is 9.24. The summed E-state index contributed by atoms with van der Waals surface area (Å²) in [6.07, 6.45) is 2.65. The Morgan fingerprint density at radius 3 is 2.63 bits per heavy atom. The van der Waals surface area contributed by atoms with Crippen LogP contribution >= 0.6 is 24.0 Å². The van der Waals surface area contributed by atoms with E-state index in [0.717, 1.165) is 69.6 Å². The topological polar surface area (TPSA) is 74.7 Å². The van der Waals surface area contributed by atoms with Crippen molar-refractivity contribution in [2.24, 2.45) is 4.99 Å². The number of nitrogens with one attached hydrogen (secondary N) is 1. The first kappa shape index (κ1) is 21.7. The van der Waals surface area contributed by atoms with E-state index in [1.165, 1.54) is 5.69 Å². The van der Waals surface area contributed by atoms with Crippen LogP contribution in [0.2, 0.25) is 0 Å². The van der Waals surface area contributed by atoms with E-state index in [1.807, 2.05) is 20.0 Å². The van der Waals surface area contributed by atoms with Crippen LogP contribution in [-0.4, -0.2) is 70.5 Å². The highest BCUT2D eigenvalue weighted by molar-refractivity contribution is 14.0. The van der Waals surface area contributed by atoms with E-state index in [2.05, 4.69) is 48.0 Å². The highest BCUT2D eigenvalue weighted by Crippen LogP contribution is 2.07. The molecule has 0 aromatic carbocycles. The molecule has 2 aromatic heterocycles. The second-order valence-electron chi connectivity index (χ2n) is 6.73. The summed E-state index contributed by atoms with van der Waals surface area (Å²) in [5, 5.41) is 12.0. The molecule has 1 fully saturated rings. The summed E-state index contributed by atoms with van der Waals surface area (Å²) in [6.45, 7) is 10.7. The van der Waals surface area contributed by atoms with E-state index in [9.17, 15) is 0 Å². The summed E-state index contributed by atoms with van der Waals surface area (Å²) in [6, 6.07) is 4.04. The quantitative estimate of drug-likeness (QED) is 0.291. The van der Waals surface area contributed by atoms with Gasteiger partial charge in [0, 0.05) is 64.6 Å². The third-order valence-electron chi connectivity index (χ3n) is 4.69. The molecule has 0 amide bonds. The van der Waals surface area contributed by atoms with Gasteiger partial charge in [-0.25, -0.2) is 0 Å². The average molecular weight is 487 g/mol. The van der Waals surface area contributed by atoms with Gasteiger partial charge in [0.1, 0.15) is 6.26 Å². The summed E-state index contributed by atoms with van der Waals surface area (Å²) in [5.41, 5.74) is 3.29. The molecule has 27 heavy (non-hydrogen) atoms. The second kappa shape index (κ2) is 10.6. The lowest BCUT2D eigenvalue weighted by Crippen LogP contribution is -2.52. The van der Waals surface area contributed by atoms with Crippen molar-refractivity contribution in [1.29, 1.82) is 0 Å². The minimum atomic E-state index is 0. The van der Waals surface area contributed by atoms with Crippen LogP contribution in [0.1, 0.15) is 23.5 Å². The van der Waals surface area contributed by atoms with Gasteiger partial charge in [-0.3, -0.25) is 14.6 Å². The van der Waals surface area contributed by atoms with Crippen molar-refractivity contribution >= 4 is 29.9 Å². The zero-order valence-electron chi connectivity index (χ0n) is 16.4. The lowest BCUT2D eigenvalue weighted by atomic mass is 10.3. The van der Waals surface area contributed by atoms with Gasteiger partial charge < -0.3 is 14.7 Å². The molecule has 0 saturated carbocycles. The zero-order chi connectivity index (χ0) is 18.4. The van der Waals surface area contributed by atoms with Gasteiger partial charge in [-0.15, -0.1) is 24.0 Å². The number of guanidine groups is 1. The van der Waals surface area contributed by atoms with E-state index in [0.29, 0.717) is 0 Å². The molecular formula is C18H30IN7O. The van der Waals surface area contributed by atoms with Crippen LogP contribution in [0, 0.1) is 13.8 Å². The number of aromatic nitrogens is 3. The third kappa shape index (κ3) is 6.20. The Morgan fingerprint density at radius 1 is 1.26 bits per heavy atom. The Kier molecular flexibility index (Phi) is 8.55. The van der Waals surface area contributed by atoms with Gasteiger partial charge in [0.05, 0.1) is 11.4 Å². The van der Waals surface area contributed by atoms with Crippen LogP contribution in [0.15, 0.2) is 27.9 Å². The number of hydrogen-bond donors (Lipinski definition) is 1. The molecule has 0 unspecified atom stereocenters. The van der Waals surface area contributed by atoms with Gasteiger partial charge in [-0.2, -0.15) is 5.10 Å². The maximum atomic E-state index is 4.91. The normalized spacial score (nSPS) is 15.7. The molecule has 3 heterocycles. The third-order valence-corrected chi connectivity index (χ3v) is 4.69. The Balaban J connectivity index is 0.00000261. The Bertz CT molecular complexity index is 705. The van der Waals surface area contributed by atoms with Gasteiger partial charge in [-0.1, -0.05) is 5.16 Å². The molecule has 1 N–H and O–H groups in total. The molecular weight excluding hydrogens is 457 g/mol. The monoisotopic (exact) mass is 487 g/mol. The number of piperazine rings is 1. The maximum absolute atomic E-state index is 4.91. The predicted octanol–water partition coefficient (Wildman–Crippen LogP) is 1.89. The standard InChI is InChI=1S/C18H29N7O.HI/c1-15-13-16(2)25(21-15)7-4-6-20-18(19-3)24-10-8-23(9-11-24)14-17-5-12-26-22-17;/h5,12-13H,4,6-11,14H2,1-3H3,(H,19,20);1H. The Morgan fingerprint density at radius 2 is 2.04 bits per heavy atom. The van der Waals surface area contributed by atoms with Crippen molar-refractivity contribution in [3.63, 3.8) is 0 Å². The molecule has 0 atom stereocenters. The van der Waals surface area contributed by atoms with Crippen LogP contribution < -0.4 is 5.32 Å². The van der Waals surface area contributed by atoms with Crippen molar-refractivity contribution < 1.29 is 4.52 Å². The summed E-state index contributed by atoms with van der Waals surface area (Å²) in [7, 11) is 1.85. The molecule has 3 rings (SSSR count).